The van der Waals surface area contributed by atoms with E-state index in [9.17, 15) is 4.79 Å². The minimum Gasteiger partial charge on any atom is -0.383 e. The Kier molecular flexibility index (Phi) is 10.4. The van der Waals surface area contributed by atoms with Crippen LogP contribution in [0.4, 0.5) is 0 Å². The molecule has 6 nitrogen and oxygen atoms in total. The second kappa shape index (κ2) is 10.9. The van der Waals surface area contributed by atoms with Crippen LogP contribution < -0.4 is 10.6 Å². The molecule has 0 aromatic heterocycles. The van der Waals surface area contributed by atoms with Gasteiger partial charge in [0.05, 0.1) is 6.61 Å². The highest BCUT2D eigenvalue weighted by Gasteiger charge is 2.05. The minimum absolute atomic E-state index is 0.0224. The van der Waals surface area contributed by atoms with E-state index in [1.54, 1.807) is 33.0 Å². The summed E-state index contributed by atoms with van der Waals surface area (Å²) in [4.78, 5) is 17.3. The number of amides is 1. The summed E-state index contributed by atoms with van der Waals surface area (Å²) in [5.74, 6) is 0.624. The maximum Gasteiger partial charge on any atom is 0.243 e. The van der Waals surface area contributed by atoms with E-state index in [1.165, 1.54) is 4.90 Å². The first kappa shape index (κ1) is 18.0. The van der Waals surface area contributed by atoms with Gasteiger partial charge in [-0.1, -0.05) is 6.92 Å². The molecule has 0 aromatic rings. The number of nitrogens with zero attached hydrogens (tertiary/aromatic N) is 2. The molecule has 0 saturated heterocycles. The summed E-state index contributed by atoms with van der Waals surface area (Å²) in [6.07, 6.45) is 2.07. The molecule has 0 spiro atoms. The molecule has 0 aliphatic heterocycles. The van der Waals surface area contributed by atoms with Gasteiger partial charge in [0.1, 0.15) is 6.54 Å². The zero-order valence-corrected chi connectivity index (χ0v) is 13.3. The normalized spacial score (nSPS) is 13.0. The Hall–Kier alpha value is -0.950. The highest BCUT2D eigenvalue weighted by atomic mass is 32.2. The van der Waals surface area contributed by atoms with Gasteiger partial charge in [-0.25, -0.2) is 4.99 Å². The Morgan fingerprint density at radius 3 is 2.63 bits per heavy atom. The van der Waals surface area contributed by atoms with Gasteiger partial charge >= 0.3 is 0 Å². The number of carbonyl (C=O) groups excluding carboxylic acids is 1. The van der Waals surface area contributed by atoms with Crippen LogP contribution >= 0.6 is 11.8 Å². The fraction of sp³-hybridized carbons (Fsp3) is 0.833. The fourth-order valence-electron chi connectivity index (χ4n) is 1.06. The monoisotopic (exact) mass is 290 g/mol. The highest BCUT2D eigenvalue weighted by Crippen LogP contribution is 2.02. The van der Waals surface area contributed by atoms with Crippen LogP contribution in [0.25, 0.3) is 0 Å². The molecular formula is C12H26N4O2S. The van der Waals surface area contributed by atoms with Gasteiger partial charge in [-0.15, -0.1) is 0 Å². The number of ether oxygens (including phenoxy) is 1. The molecule has 0 aromatic carbocycles. The zero-order valence-electron chi connectivity index (χ0n) is 12.5. The van der Waals surface area contributed by atoms with E-state index < -0.39 is 0 Å². The number of hydrogen-bond acceptors (Lipinski definition) is 4. The molecule has 0 rings (SSSR count). The Morgan fingerprint density at radius 2 is 2.11 bits per heavy atom. The molecule has 0 bridgehead atoms. The van der Waals surface area contributed by atoms with Gasteiger partial charge in [0.15, 0.2) is 5.96 Å². The molecule has 0 aliphatic rings. The fourth-order valence-corrected chi connectivity index (χ4v) is 1.31. The van der Waals surface area contributed by atoms with Crippen LogP contribution in [-0.2, 0) is 9.53 Å². The molecule has 1 atom stereocenters. The van der Waals surface area contributed by atoms with E-state index in [-0.39, 0.29) is 12.5 Å². The first-order valence-electron chi connectivity index (χ1n) is 6.25. The van der Waals surface area contributed by atoms with Crippen molar-refractivity contribution in [3.63, 3.8) is 0 Å². The lowest BCUT2D eigenvalue weighted by molar-refractivity contribution is -0.127. The van der Waals surface area contributed by atoms with Gasteiger partial charge in [-0.3, -0.25) is 4.79 Å². The Morgan fingerprint density at radius 1 is 1.42 bits per heavy atom. The van der Waals surface area contributed by atoms with Gasteiger partial charge in [0.25, 0.3) is 0 Å². The zero-order chi connectivity index (χ0) is 14.7. The van der Waals surface area contributed by atoms with Crippen molar-refractivity contribution in [3.8, 4) is 0 Å². The number of aliphatic imine (C=N–C) groups is 1. The average Bonchev–Trinajstić information content (AvgIpc) is 2.40. The predicted molar refractivity (Wildman–Crippen MR) is 81.9 cm³/mol. The molecule has 0 saturated carbocycles. The molecule has 112 valence electrons. The van der Waals surface area contributed by atoms with Gasteiger partial charge < -0.3 is 20.3 Å². The van der Waals surface area contributed by atoms with Crippen LogP contribution in [0.15, 0.2) is 4.99 Å². The summed E-state index contributed by atoms with van der Waals surface area (Å²) >= 11 is 1.78. The molecule has 0 aliphatic carbocycles. The first-order chi connectivity index (χ1) is 9.01. The van der Waals surface area contributed by atoms with E-state index in [0.29, 0.717) is 24.4 Å². The van der Waals surface area contributed by atoms with Crippen LogP contribution in [-0.4, -0.2) is 75.7 Å². The van der Waals surface area contributed by atoms with Gasteiger partial charge in [0, 0.05) is 39.5 Å². The summed E-state index contributed by atoms with van der Waals surface area (Å²) in [5, 5.41) is 6.83. The number of methoxy groups -OCH3 is 1. The Balaban J connectivity index is 4.30. The van der Waals surface area contributed by atoms with Crippen LogP contribution in [0.1, 0.15) is 6.92 Å². The number of nitrogens with one attached hydrogen (secondary N) is 2. The molecule has 1 unspecified atom stereocenters. The first-order valence-corrected chi connectivity index (χ1v) is 7.54. The summed E-state index contributed by atoms with van der Waals surface area (Å²) < 4.78 is 4.98. The molecule has 7 heteroatoms. The minimum atomic E-state index is -0.0224. The third-order valence-electron chi connectivity index (χ3n) is 2.43. The van der Waals surface area contributed by atoms with E-state index in [1.807, 2.05) is 0 Å². The largest absolute Gasteiger partial charge is 0.383 e. The topological polar surface area (TPSA) is 66.0 Å². The van der Waals surface area contributed by atoms with Crippen molar-refractivity contribution in [1.82, 2.24) is 15.5 Å². The van der Waals surface area contributed by atoms with Crippen LogP contribution in [0.2, 0.25) is 0 Å². The van der Waals surface area contributed by atoms with Crippen molar-refractivity contribution in [1.29, 1.82) is 0 Å². The quantitative estimate of drug-likeness (QED) is 0.374. The standard InChI is InChI=1S/C12H26N4O2S/c1-10(19-5)8-14-12(13-6-7-18-4)15-9-11(17)16(2)3/h10H,6-9H2,1-5H3,(H2,13,14,15). The third-order valence-corrected chi connectivity index (χ3v) is 3.40. The molecular weight excluding hydrogens is 264 g/mol. The van der Waals surface area contributed by atoms with Crippen molar-refractivity contribution in [2.75, 3.05) is 53.7 Å². The van der Waals surface area contributed by atoms with Crippen LogP contribution in [0.5, 0.6) is 0 Å². The number of thioether (sulfide) groups is 1. The Labute approximate surface area is 120 Å². The van der Waals surface area contributed by atoms with Crippen molar-refractivity contribution >= 4 is 23.6 Å². The van der Waals surface area contributed by atoms with Crippen molar-refractivity contribution < 1.29 is 9.53 Å². The van der Waals surface area contributed by atoms with E-state index in [2.05, 4.69) is 28.8 Å². The van der Waals surface area contributed by atoms with Gasteiger partial charge in [0.2, 0.25) is 5.91 Å². The molecule has 2 N–H and O–H groups in total. The SMILES string of the molecule is COCCNC(=NCC(=O)N(C)C)NCC(C)SC. The van der Waals surface area contributed by atoms with Crippen LogP contribution in [0, 0.1) is 0 Å². The van der Waals surface area contributed by atoms with Gasteiger partial charge in [-0.2, -0.15) is 11.8 Å². The number of rotatable bonds is 8. The van der Waals surface area contributed by atoms with E-state index >= 15 is 0 Å². The molecule has 0 heterocycles. The smallest absolute Gasteiger partial charge is 0.243 e. The summed E-state index contributed by atoms with van der Waals surface area (Å²) in [6, 6.07) is 0. The lowest BCUT2D eigenvalue weighted by atomic mass is 10.5. The maximum absolute atomic E-state index is 11.5. The maximum atomic E-state index is 11.5. The van der Waals surface area contributed by atoms with Gasteiger partial charge in [-0.05, 0) is 6.26 Å². The number of likely N-dealkylation sites (N-methyl/N-ethyl adjacent to an activating group) is 1. The number of hydrogen-bond donors (Lipinski definition) is 2. The summed E-state index contributed by atoms with van der Waals surface area (Å²) in [7, 11) is 5.09. The van der Waals surface area contributed by atoms with Crippen molar-refractivity contribution in [2.24, 2.45) is 4.99 Å². The number of carbonyl (C=O) groups is 1. The Bertz CT molecular complexity index is 285. The predicted octanol–water partition coefficient (Wildman–Crippen LogP) is 0.00770. The average molecular weight is 290 g/mol. The molecule has 0 radical (unpaired) electrons. The lowest BCUT2D eigenvalue weighted by Gasteiger charge is -2.15. The molecule has 19 heavy (non-hydrogen) atoms. The number of guanidine groups is 1. The third kappa shape index (κ3) is 9.61. The molecule has 0 fully saturated rings. The second-order valence-corrected chi connectivity index (χ2v) is 5.58. The molecule has 1 amide bonds. The summed E-state index contributed by atoms with van der Waals surface area (Å²) in [6.45, 7) is 4.33. The van der Waals surface area contributed by atoms with E-state index in [0.717, 1.165) is 6.54 Å². The van der Waals surface area contributed by atoms with E-state index in [4.69, 9.17) is 4.74 Å². The highest BCUT2D eigenvalue weighted by molar-refractivity contribution is 7.99. The van der Waals surface area contributed by atoms with Crippen LogP contribution in [0.3, 0.4) is 0 Å². The lowest BCUT2D eigenvalue weighted by Crippen LogP contribution is -2.42. The summed E-state index contributed by atoms with van der Waals surface area (Å²) in [5.41, 5.74) is 0. The second-order valence-electron chi connectivity index (χ2n) is 4.30. The van der Waals surface area contributed by atoms with Crippen molar-refractivity contribution in [3.05, 3.63) is 0 Å². The van der Waals surface area contributed by atoms with Crippen molar-refractivity contribution in [2.45, 2.75) is 12.2 Å².